The van der Waals surface area contributed by atoms with Crippen LogP contribution in [0.5, 0.6) is 5.75 Å². The summed E-state index contributed by atoms with van der Waals surface area (Å²) in [5.41, 5.74) is 2.01. The number of hydrogen-bond acceptors (Lipinski definition) is 3. The first kappa shape index (κ1) is 13.9. The van der Waals surface area contributed by atoms with Gasteiger partial charge in [0, 0.05) is 0 Å². The molecule has 1 aromatic heterocycles. The maximum Gasteiger partial charge on any atom is 0.119 e. The summed E-state index contributed by atoms with van der Waals surface area (Å²) in [6, 6.07) is 7.99. The lowest BCUT2D eigenvalue weighted by Gasteiger charge is -2.06. The zero-order valence-corrected chi connectivity index (χ0v) is 12.0. The predicted molar refractivity (Wildman–Crippen MR) is 75.6 cm³/mol. The Morgan fingerprint density at radius 1 is 1.42 bits per heavy atom. The Morgan fingerprint density at radius 2 is 2.26 bits per heavy atom. The van der Waals surface area contributed by atoms with Crippen LogP contribution < -0.4 is 4.74 Å². The van der Waals surface area contributed by atoms with E-state index in [0.29, 0.717) is 13.2 Å². The molecule has 0 saturated heterocycles. The molecule has 1 atom stereocenters. The lowest BCUT2D eigenvalue weighted by molar-refractivity contribution is 0.289. The van der Waals surface area contributed by atoms with Crippen LogP contribution >= 0.6 is 11.6 Å². The van der Waals surface area contributed by atoms with Crippen molar-refractivity contribution in [2.45, 2.75) is 32.2 Å². The summed E-state index contributed by atoms with van der Waals surface area (Å²) in [5, 5.41) is 8.02. The van der Waals surface area contributed by atoms with E-state index in [1.54, 1.807) is 4.68 Å². The van der Waals surface area contributed by atoms with Crippen LogP contribution in [0.15, 0.2) is 30.5 Å². The van der Waals surface area contributed by atoms with Crippen molar-refractivity contribution in [3.63, 3.8) is 0 Å². The Bertz CT molecular complexity index is 527. The Balaban J connectivity index is 1.84. The van der Waals surface area contributed by atoms with Crippen molar-refractivity contribution in [2.75, 3.05) is 6.61 Å². The summed E-state index contributed by atoms with van der Waals surface area (Å²) in [6.07, 6.45) is 2.72. The van der Waals surface area contributed by atoms with Gasteiger partial charge >= 0.3 is 0 Å². The van der Waals surface area contributed by atoms with Crippen molar-refractivity contribution in [1.82, 2.24) is 15.0 Å². The lowest BCUT2D eigenvalue weighted by atomic mass is 10.2. The van der Waals surface area contributed by atoms with Gasteiger partial charge in [0.05, 0.1) is 18.1 Å². The SMILES string of the molecule is CCC(Cl)c1cn(CCOc2cccc(C)c2)nn1. The Labute approximate surface area is 118 Å². The first-order valence-corrected chi connectivity index (χ1v) is 6.86. The van der Waals surface area contributed by atoms with Gasteiger partial charge in [0.25, 0.3) is 0 Å². The Hall–Kier alpha value is -1.55. The molecular weight excluding hydrogens is 262 g/mol. The number of rotatable bonds is 6. The zero-order valence-electron chi connectivity index (χ0n) is 11.2. The van der Waals surface area contributed by atoms with Crippen LogP contribution in [0.25, 0.3) is 0 Å². The normalized spacial score (nSPS) is 12.4. The molecule has 0 amide bonds. The van der Waals surface area contributed by atoms with E-state index in [2.05, 4.69) is 10.3 Å². The molecule has 0 saturated carbocycles. The topological polar surface area (TPSA) is 39.9 Å². The molecule has 0 radical (unpaired) electrons. The van der Waals surface area contributed by atoms with Crippen LogP contribution in [-0.4, -0.2) is 21.6 Å². The largest absolute Gasteiger partial charge is 0.492 e. The van der Waals surface area contributed by atoms with E-state index in [-0.39, 0.29) is 5.38 Å². The van der Waals surface area contributed by atoms with E-state index < -0.39 is 0 Å². The highest BCUT2D eigenvalue weighted by Crippen LogP contribution is 2.20. The van der Waals surface area contributed by atoms with Gasteiger partial charge < -0.3 is 4.74 Å². The molecule has 1 aromatic carbocycles. The Morgan fingerprint density at radius 3 is 3.00 bits per heavy atom. The molecule has 0 aliphatic carbocycles. The van der Waals surface area contributed by atoms with Crippen molar-refractivity contribution in [1.29, 1.82) is 0 Å². The summed E-state index contributed by atoms with van der Waals surface area (Å²) >= 11 is 6.10. The molecule has 0 spiro atoms. The summed E-state index contributed by atoms with van der Waals surface area (Å²) in [5.74, 6) is 0.879. The average Bonchev–Trinajstić information content (AvgIpc) is 2.87. The molecule has 0 aliphatic rings. The minimum atomic E-state index is -0.0635. The monoisotopic (exact) mass is 279 g/mol. The predicted octanol–water partition coefficient (Wildman–Crippen LogP) is 3.36. The third kappa shape index (κ3) is 3.96. The highest BCUT2D eigenvalue weighted by Gasteiger charge is 2.09. The summed E-state index contributed by atoms with van der Waals surface area (Å²) in [4.78, 5) is 0. The molecule has 5 heteroatoms. The number of ether oxygens (including phenoxy) is 1. The van der Waals surface area contributed by atoms with Crippen molar-refractivity contribution < 1.29 is 4.74 Å². The summed E-state index contributed by atoms with van der Waals surface area (Å²) in [6.45, 7) is 5.29. The Kier molecular flexibility index (Phi) is 4.80. The first-order chi connectivity index (χ1) is 9.19. The van der Waals surface area contributed by atoms with E-state index in [1.165, 1.54) is 5.56 Å². The smallest absolute Gasteiger partial charge is 0.119 e. The van der Waals surface area contributed by atoms with Gasteiger partial charge in [-0.1, -0.05) is 24.3 Å². The summed E-state index contributed by atoms with van der Waals surface area (Å²) in [7, 11) is 0. The minimum Gasteiger partial charge on any atom is -0.492 e. The second-order valence-corrected chi connectivity index (χ2v) is 4.97. The molecule has 1 unspecified atom stereocenters. The van der Waals surface area contributed by atoms with Gasteiger partial charge in [0.1, 0.15) is 18.1 Å². The molecule has 102 valence electrons. The van der Waals surface area contributed by atoms with Gasteiger partial charge in [0.2, 0.25) is 0 Å². The molecular formula is C14H18ClN3O. The van der Waals surface area contributed by atoms with Crippen LogP contribution in [0.4, 0.5) is 0 Å². The second-order valence-electron chi connectivity index (χ2n) is 4.45. The highest BCUT2D eigenvalue weighted by molar-refractivity contribution is 6.20. The zero-order chi connectivity index (χ0) is 13.7. The molecule has 19 heavy (non-hydrogen) atoms. The number of nitrogens with zero attached hydrogens (tertiary/aromatic N) is 3. The average molecular weight is 280 g/mol. The van der Waals surface area contributed by atoms with Gasteiger partial charge in [-0.2, -0.15) is 0 Å². The standard InChI is InChI=1S/C14H18ClN3O/c1-3-13(15)14-10-18(17-16-14)7-8-19-12-6-4-5-11(2)9-12/h4-6,9-10,13H,3,7-8H2,1-2H3. The molecule has 2 aromatic rings. The quantitative estimate of drug-likeness (QED) is 0.761. The lowest BCUT2D eigenvalue weighted by Crippen LogP contribution is -2.08. The number of alkyl halides is 1. The maximum atomic E-state index is 6.10. The molecule has 0 fully saturated rings. The van der Waals surface area contributed by atoms with Crippen molar-refractivity contribution in [3.8, 4) is 5.75 Å². The van der Waals surface area contributed by atoms with Gasteiger partial charge in [0.15, 0.2) is 0 Å². The molecule has 2 rings (SSSR count). The third-order valence-corrected chi connectivity index (χ3v) is 3.35. The van der Waals surface area contributed by atoms with Gasteiger partial charge in [-0.25, -0.2) is 4.68 Å². The fourth-order valence-electron chi connectivity index (χ4n) is 1.74. The number of aryl methyl sites for hydroxylation is 1. The van der Waals surface area contributed by atoms with E-state index in [1.807, 2.05) is 44.3 Å². The van der Waals surface area contributed by atoms with Crippen LogP contribution in [0.3, 0.4) is 0 Å². The fraction of sp³-hybridized carbons (Fsp3) is 0.429. The van der Waals surface area contributed by atoms with Crippen LogP contribution in [0, 0.1) is 6.92 Å². The van der Waals surface area contributed by atoms with Gasteiger partial charge in [-0.3, -0.25) is 0 Å². The number of aromatic nitrogens is 3. The van der Waals surface area contributed by atoms with E-state index in [0.717, 1.165) is 17.9 Å². The number of halogens is 1. The third-order valence-electron chi connectivity index (χ3n) is 2.81. The van der Waals surface area contributed by atoms with Crippen LogP contribution in [0.2, 0.25) is 0 Å². The molecule has 0 aliphatic heterocycles. The molecule has 1 heterocycles. The number of benzene rings is 1. The highest BCUT2D eigenvalue weighted by atomic mass is 35.5. The van der Waals surface area contributed by atoms with Crippen molar-refractivity contribution in [3.05, 3.63) is 41.7 Å². The molecule has 0 N–H and O–H groups in total. The maximum absolute atomic E-state index is 6.10. The van der Waals surface area contributed by atoms with E-state index in [9.17, 15) is 0 Å². The minimum absolute atomic E-state index is 0.0635. The van der Waals surface area contributed by atoms with Gasteiger partial charge in [-0.05, 0) is 31.0 Å². The molecule has 4 nitrogen and oxygen atoms in total. The van der Waals surface area contributed by atoms with E-state index in [4.69, 9.17) is 16.3 Å². The second kappa shape index (κ2) is 6.57. The fourth-order valence-corrected chi connectivity index (χ4v) is 1.84. The van der Waals surface area contributed by atoms with Crippen molar-refractivity contribution >= 4 is 11.6 Å². The first-order valence-electron chi connectivity index (χ1n) is 6.42. The van der Waals surface area contributed by atoms with E-state index >= 15 is 0 Å². The molecule has 0 bridgehead atoms. The number of hydrogen-bond donors (Lipinski definition) is 0. The summed E-state index contributed by atoms with van der Waals surface area (Å²) < 4.78 is 7.43. The van der Waals surface area contributed by atoms with Crippen LogP contribution in [0.1, 0.15) is 30.0 Å². The van der Waals surface area contributed by atoms with Crippen LogP contribution in [-0.2, 0) is 6.54 Å². The van der Waals surface area contributed by atoms with Crippen molar-refractivity contribution in [2.24, 2.45) is 0 Å². The van der Waals surface area contributed by atoms with Gasteiger partial charge in [-0.15, -0.1) is 16.7 Å².